The summed E-state index contributed by atoms with van der Waals surface area (Å²) >= 11 is 9.27. The molecular weight excluding hydrogens is 267 g/mol. The molecule has 0 amide bonds. The molecule has 0 aliphatic carbocycles. The number of aryl methyl sites for hydroxylation is 1. The summed E-state index contributed by atoms with van der Waals surface area (Å²) in [5, 5.41) is 0.454. The molecule has 0 spiro atoms. The van der Waals surface area contributed by atoms with E-state index < -0.39 is 0 Å². The van der Waals surface area contributed by atoms with Crippen LogP contribution in [-0.2, 0) is 17.8 Å². The average Bonchev–Trinajstić information content (AvgIpc) is 2.14. The molecule has 14 heavy (non-hydrogen) atoms. The van der Waals surface area contributed by atoms with Crippen LogP contribution in [0.25, 0.3) is 0 Å². The largest absolute Gasteiger partial charge is 0.378 e. The minimum atomic E-state index is 0.444. The Morgan fingerprint density at radius 1 is 1.43 bits per heavy atom. The van der Waals surface area contributed by atoms with Gasteiger partial charge in [-0.25, -0.2) is 9.97 Å². The first-order chi connectivity index (χ1) is 6.69. The van der Waals surface area contributed by atoms with Crippen LogP contribution in [0.1, 0.15) is 24.9 Å². The van der Waals surface area contributed by atoms with E-state index in [0.29, 0.717) is 11.8 Å². The first kappa shape index (κ1) is 11.9. The Balaban J connectivity index is 3.01. The second kappa shape index (κ2) is 5.63. The van der Waals surface area contributed by atoms with Crippen molar-refractivity contribution in [3.63, 3.8) is 0 Å². The molecule has 0 N–H and O–H groups in total. The van der Waals surface area contributed by atoms with E-state index in [2.05, 4.69) is 32.8 Å². The fraction of sp³-hybridized carbons (Fsp3) is 0.556. The summed E-state index contributed by atoms with van der Waals surface area (Å²) in [4.78, 5) is 8.50. The Bertz CT molecular complexity index is 320. The van der Waals surface area contributed by atoms with Crippen molar-refractivity contribution in [1.82, 2.24) is 9.97 Å². The van der Waals surface area contributed by atoms with Gasteiger partial charge in [0.25, 0.3) is 0 Å². The highest BCUT2D eigenvalue weighted by atomic mass is 79.9. The highest BCUT2D eigenvalue weighted by Crippen LogP contribution is 2.24. The summed E-state index contributed by atoms with van der Waals surface area (Å²) in [7, 11) is 1.63. The molecular formula is C9H12BrClN2O. The zero-order valence-electron chi connectivity index (χ0n) is 8.18. The van der Waals surface area contributed by atoms with Crippen molar-refractivity contribution in [3.05, 3.63) is 21.1 Å². The van der Waals surface area contributed by atoms with Crippen LogP contribution in [0.3, 0.4) is 0 Å². The van der Waals surface area contributed by atoms with Crippen LogP contribution in [-0.4, -0.2) is 17.1 Å². The number of ether oxygens (including phenoxy) is 1. The van der Waals surface area contributed by atoms with E-state index in [1.807, 2.05) is 0 Å². The van der Waals surface area contributed by atoms with Crippen LogP contribution in [0.15, 0.2) is 4.47 Å². The van der Waals surface area contributed by atoms with Crippen LogP contribution in [0.2, 0.25) is 5.15 Å². The Labute approximate surface area is 97.0 Å². The molecule has 0 bridgehead atoms. The lowest BCUT2D eigenvalue weighted by molar-refractivity contribution is 0.180. The molecule has 0 aliphatic heterocycles. The van der Waals surface area contributed by atoms with E-state index in [4.69, 9.17) is 16.3 Å². The van der Waals surface area contributed by atoms with Gasteiger partial charge < -0.3 is 4.74 Å². The summed E-state index contributed by atoms with van der Waals surface area (Å²) < 4.78 is 5.74. The van der Waals surface area contributed by atoms with Crippen LogP contribution >= 0.6 is 27.5 Å². The van der Waals surface area contributed by atoms with Gasteiger partial charge in [-0.05, 0) is 22.4 Å². The number of nitrogens with zero attached hydrogens (tertiary/aromatic N) is 2. The summed E-state index contributed by atoms with van der Waals surface area (Å²) in [5.41, 5.74) is 0.802. The molecule has 0 unspecified atom stereocenters. The first-order valence-electron chi connectivity index (χ1n) is 4.38. The standard InChI is InChI=1S/C9H12BrClN2O/c1-3-4-7-12-6(5-14-2)8(10)9(11)13-7/h3-5H2,1-2H3. The molecule has 3 nitrogen and oxygen atoms in total. The second-order valence-corrected chi connectivity index (χ2v) is 4.03. The number of hydrogen-bond acceptors (Lipinski definition) is 3. The monoisotopic (exact) mass is 278 g/mol. The van der Waals surface area contributed by atoms with Gasteiger partial charge in [0.1, 0.15) is 11.0 Å². The lowest BCUT2D eigenvalue weighted by atomic mass is 10.3. The predicted octanol–water partition coefficient (Wildman–Crippen LogP) is 2.99. The Morgan fingerprint density at radius 2 is 2.14 bits per heavy atom. The van der Waals surface area contributed by atoms with Crippen LogP contribution < -0.4 is 0 Å². The zero-order valence-corrected chi connectivity index (χ0v) is 10.5. The van der Waals surface area contributed by atoms with Crippen molar-refractivity contribution < 1.29 is 4.74 Å². The Hall–Kier alpha value is -0.190. The van der Waals surface area contributed by atoms with Crippen molar-refractivity contribution in [3.8, 4) is 0 Å². The molecule has 1 aromatic rings. The molecule has 0 radical (unpaired) electrons. The van der Waals surface area contributed by atoms with Gasteiger partial charge in [-0.1, -0.05) is 18.5 Å². The summed E-state index contributed by atoms with van der Waals surface area (Å²) in [5.74, 6) is 0.771. The highest BCUT2D eigenvalue weighted by molar-refractivity contribution is 9.10. The van der Waals surface area contributed by atoms with Crippen molar-refractivity contribution in [2.45, 2.75) is 26.4 Å². The van der Waals surface area contributed by atoms with Gasteiger partial charge in [0, 0.05) is 13.5 Å². The van der Waals surface area contributed by atoms with Crippen LogP contribution in [0.5, 0.6) is 0 Å². The van der Waals surface area contributed by atoms with Crippen molar-refractivity contribution >= 4 is 27.5 Å². The molecule has 0 aromatic carbocycles. The maximum atomic E-state index is 5.94. The molecule has 0 saturated carbocycles. The topological polar surface area (TPSA) is 35.0 Å². The number of rotatable bonds is 4. The molecule has 0 aliphatic rings. The molecule has 1 aromatic heterocycles. The molecule has 1 heterocycles. The van der Waals surface area contributed by atoms with Gasteiger partial charge in [-0.3, -0.25) is 0 Å². The minimum Gasteiger partial charge on any atom is -0.378 e. The summed E-state index contributed by atoms with van der Waals surface area (Å²) in [6.45, 7) is 2.52. The normalized spacial score (nSPS) is 10.6. The van der Waals surface area contributed by atoms with Crippen LogP contribution in [0.4, 0.5) is 0 Å². The molecule has 0 saturated heterocycles. The predicted molar refractivity (Wildman–Crippen MR) is 59.5 cm³/mol. The fourth-order valence-electron chi connectivity index (χ4n) is 1.08. The molecule has 78 valence electrons. The zero-order chi connectivity index (χ0) is 10.6. The molecule has 0 fully saturated rings. The third kappa shape index (κ3) is 2.90. The molecule has 1 rings (SSSR count). The minimum absolute atomic E-state index is 0.444. The summed E-state index contributed by atoms with van der Waals surface area (Å²) in [6, 6.07) is 0. The van der Waals surface area contributed by atoms with Gasteiger partial charge in [0.15, 0.2) is 0 Å². The highest BCUT2D eigenvalue weighted by Gasteiger charge is 2.09. The smallest absolute Gasteiger partial charge is 0.147 e. The van der Waals surface area contributed by atoms with E-state index >= 15 is 0 Å². The maximum Gasteiger partial charge on any atom is 0.147 e. The number of halogens is 2. The third-order valence-corrected chi connectivity index (χ3v) is 3.02. The fourth-order valence-corrected chi connectivity index (χ4v) is 1.58. The van der Waals surface area contributed by atoms with E-state index in [-0.39, 0.29) is 0 Å². The van der Waals surface area contributed by atoms with E-state index in [0.717, 1.165) is 28.8 Å². The van der Waals surface area contributed by atoms with E-state index in [1.165, 1.54) is 0 Å². The molecule has 0 atom stereocenters. The van der Waals surface area contributed by atoms with Gasteiger partial charge in [-0.15, -0.1) is 0 Å². The molecule has 5 heteroatoms. The van der Waals surface area contributed by atoms with Crippen LogP contribution in [0, 0.1) is 0 Å². The third-order valence-electron chi connectivity index (χ3n) is 1.68. The SMILES string of the molecule is CCCc1nc(Cl)c(Br)c(COC)n1. The number of methoxy groups -OCH3 is 1. The first-order valence-corrected chi connectivity index (χ1v) is 5.55. The Morgan fingerprint density at radius 3 is 2.71 bits per heavy atom. The van der Waals surface area contributed by atoms with Crippen molar-refractivity contribution in [2.24, 2.45) is 0 Å². The van der Waals surface area contributed by atoms with E-state index in [1.54, 1.807) is 7.11 Å². The van der Waals surface area contributed by atoms with Crippen molar-refractivity contribution in [2.75, 3.05) is 7.11 Å². The lowest BCUT2D eigenvalue weighted by Gasteiger charge is -2.06. The maximum absolute atomic E-state index is 5.94. The van der Waals surface area contributed by atoms with Gasteiger partial charge in [0.05, 0.1) is 16.8 Å². The second-order valence-electron chi connectivity index (χ2n) is 2.87. The van der Waals surface area contributed by atoms with Gasteiger partial charge in [-0.2, -0.15) is 0 Å². The Kier molecular flexibility index (Phi) is 4.78. The summed E-state index contributed by atoms with van der Waals surface area (Å²) in [6.07, 6.45) is 1.84. The van der Waals surface area contributed by atoms with E-state index in [9.17, 15) is 0 Å². The lowest BCUT2D eigenvalue weighted by Crippen LogP contribution is -2.02. The quantitative estimate of drug-likeness (QED) is 0.795. The van der Waals surface area contributed by atoms with Crippen molar-refractivity contribution in [1.29, 1.82) is 0 Å². The number of aromatic nitrogens is 2. The number of hydrogen-bond donors (Lipinski definition) is 0. The van der Waals surface area contributed by atoms with Gasteiger partial charge in [0.2, 0.25) is 0 Å². The van der Waals surface area contributed by atoms with Gasteiger partial charge >= 0.3 is 0 Å². The average molecular weight is 280 g/mol.